The second-order valence-corrected chi connectivity index (χ2v) is 12.2. The van der Waals surface area contributed by atoms with Crippen molar-refractivity contribution < 1.29 is 18.0 Å². The van der Waals surface area contributed by atoms with Gasteiger partial charge in [-0.15, -0.1) is 11.8 Å². The molecule has 0 saturated carbocycles. The van der Waals surface area contributed by atoms with E-state index in [9.17, 15) is 18.0 Å². The fraction of sp³-hybridized carbons (Fsp3) is 0.417. The van der Waals surface area contributed by atoms with Gasteiger partial charge in [-0.1, -0.05) is 26.0 Å². The Morgan fingerprint density at radius 3 is 2.42 bits per heavy atom. The fourth-order valence-electron chi connectivity index (χ4n) is 4.05. The number of nitrogens with zero attached hydrogens (tertiary/aromatic N) is 1. The number of carbonyl (C=O) groups excluding carboxylic acids is 2. The first-order valence-corrected chi connectivity index (χ1v) is 13.5. The number of piperidine rings is 1. The molecule has 7 nitrogen and oxygen atoms in total. The molecule has 2 aliphatic rings. The average molecular weight is 488 g/mol. The van der Waals surface area contributed by atoms with Crippen LogP contribution in [0.4, 0.5) is 11.4 Å². The van der Waals surface area contributed by atoms with Crippen molar-refractivity contribution in [2.24, 2.45) is 5.92 Å². The van der Waals surface area contributed by atoms with Crippen molar-refractivity contribution in [1.82, 2.24) is 4.31 Å². The smallest absolute Gasteiger partial charge is 0.243 e. The van der Waals surface area contributed by atoms with Gasteiger partial charge in [-0.25, -0.2) is 8.42 Å². The Labute approximate surface area is 199 Å². The Kier molecular flexibility index (Phi) is 6.83. The van der Waals surface area contributed by atoms with Crippen LogP contribution in [0.15, 0.2) is 52.3 Å². The lowest BCUT2D eigenvalue weighted by Gasteiger charge is -2.31. The third kappa shape index (κ3) is 5.10. The van der Waals surface area contributed by atoms with E-state index >= 15 is 0 Å². The first kappa shape index (κ1) is 23.8. The van der Waals surface area contributed by atoms with E-state index in [4.69, 9.17) is 0 Å². The first-order valence-electron chi connectivity index (χ1n) is 11.2. The third-order valence-electron chi connectivity index (χ3n) is 6.19. The molecule has 2 aromatic carbocycles. The highest BCUT2D eigenvalue weighted by molar-refractivity contribution is 8.01. The van der Waals surface area contributed by atoms with Crippen LogP contribution in [-0.2, 0) is 19.6 Å². The lowest BCUT2D eigenvalue weighted by Crippen LogP contribution is -2.41. The number of rotatable bonds is 5. The molecule has 1 fully saturated rings. The van der Waals surface area contributed by atoms with Crippen LogP contribution in [0.2, 0.25) is 0 Å². The monoisotopic (exact) mass is 487 g/mol. The van der Waals surface area contributed by atoms with Crippen LogP contribution in [0.5, 0.6) is 0 Å². The van der Waals surface area contributed by atoms with Gasteiger partial charge in [0.1, 0.15) is 0 Å². The highest BCUT2D eigenvalue weighted by Crippen LogP contribution is 2.37. The standard InChI is InChI=1S/C24H29N3O4S2/c1-15(2)17-4-6-19(7-5-17)25-24(29)18-10-12-27(13-11-18)33(30,31)20-8-9-22-21(14-20)26-23(28)16(3)32-22/h4-9,14-16,18H,10-13H2,1-3H3,(H,25,29)(H,26,28). The zero-order valence-corrected chi connectivity index (χ0v) is 20.6. The summed E-state index contributed by atoms with van der Waals surface area (Å²) in [6.07, 6.45) is 0.925. The fourth-order valence-corrected chi connectivity index (χ4v) is 6.48. The van der Waals surface area contributed by atoms with Crippen molar-refractivity contribution >= 4 is 45.0 Å². The van der Waals surface area contributed by atoms with Crippen LogP contribution in [0, 0.1) is 5.92 Å². The normalized spacial score (nSPS) is 19.8. The number of thioether (sulfide) groups is 1. The van der Waals surface area contributed by atoms with Gasteiger partial charge in [0.2, 0.25) is 21.8 Å². The molecule has 2 aliphatic heterocycles. The summed E-state index contributed by atoms with van der Waals surface area (Å²) in [7, 11) is -3.71. The molecule has 2 amide bonds. The minimum Gasteiger partial charge on any atom is -0.326 e. The molecule has 2 aromatic rings. The molecule has 2 N–H and O–H groups in total. The van der Waals surface area contributed by atoms with E-state index in [0.717, 1.165) is 10.6 Å². The van der Waals surface area contributed by atoms with Gasteiger partial charge in [-0.3, -0.25) is 9.59 Å². The van der Waals surface area contributed by atoms with Crippen molar-refractivity contribution in [3.63, 3.8) is 0 Å². The predicted octanol–water partition coefficient (Wildman–Crippen LogP) is 4.28. The number of amides is 2. The van der Waals surface area contributed by atoms with E-state index in [1.54, 1.807) is 12.1 Å². The summed E-state index contributed by atoms with van der Waals surface area (Å²) in [6.45, 7) is 6.61. The van der Waals surface area contributed by atoms with Crippen LogP contribution >= 0.6 is 11.8 Å². The molecule has 0 spiro atoms. The van der Waals surface area contributed by atoms with Crippen molar-refractivity contribution in [3.8, 4) is 0 Å². The zero-order chi connectivity index (χ0) is 23.8. The maximum atomic E-state index is 13.2. The van der Waals surface area contributed by atoms with Crippen molar-refractivity contribution in [2.45, 2.75) is 54.6 Å². The number of benzene rings is 2. The van der Waals surface area contributed by atoms with E-state index in [1.165, 1.54) is 27.7 Å². The average Bonchev–Trinajstić information content (AvgIpc) is 2.80. The number of hydrogen-bond donors (Lipinski definition) is 2. The number of anilines is 2. The molecule has 0 aliphatic carbocycles. The highest BCUT2D eigenvalue weighted by Gasteiger charge is 2.33. The summed E-state index contributed by atoms with van der Waals surface area (Å²) in [6, 6.07) is 12.7. The molecule has 176 valence electrons. The Hall–Kier alpha value is -2.36. The molecule has 0 bridgehead atoms. The van der Waals surface area contributed by atoms with Gasteiger partial charge in [-0.2, -0.15) is 4.31 Å². The first-order chi connectivity index (χ1) is 15.6. The minimum absolute atomic E-state index is 0.0769. The van der Waals surface area contributed by atoms with E-state index in [2.05, 4.69) is 24.5 Å². The van der Waals surface area contributed by atoms with Crippen molar-refractivity contribution in [1.29, 1.82) is 0 Å². The van der Waals surface area contributed by atoms with Crippen LogP contribution in [0.25, 0.3) is 0 Å². The van der Waals surface area contributed by atoms with Crippen molar-refractivity contribution in [2.75, 3.05) is 23.7 Å². The van der Waals surface area contributed by atoms with Crippen LogP contribution in [0.3, 0.4) is 0 Å². The molecule has 1 saturated heterocycles. The number of fused-ring (bicyclic) bond motifs is 1. The predicted molar refractivity (Wildman–Crippen MR) is 131 cm³/mol. The quantitative estimate of drug-likeness (QED) is 0.656. The van der Waals surface area contributed by atoms with E-state index in [0.29, 0.717) is 24.4 Å². The topological polar surface area (TPSA) is 95.6 Å². The summed E-state index contributed by atoms with van der Waals surface area (Å²) in [5.74, 6) is -0.0173. The summed E-state index contributed by atoms with van der Waals surface area (Å²) >= 11 is 1.42. The molecule has 2 heterocycles. The van der Waals surface area contributed by atoms with E-state index < -0.39 is 10.0 Å². The lowest BCUT2D eigenvalue weighted by molar-refractivity contribution is -0.121. The Morgan fingerprint density at radius 1 is 1.12 bits per heavy atom. The zero-order valence-electron chi connectivity index (χ0n) is 19.0. The maximum Gasteiger partial charge on any atom is 0.243 e. The van der Waals surface area contributed by atoms with E-state index in [-0.39, 0.29) is 41.0 Å². The minimum atomic E-state index is -3.71. The van der Waals surface area contributed by atoms with Gasteiger partial charge in [0.05, 0.1) is 15.8 Å². The highest BCUT2D eigenvalue weighted by atomic mass is 32.2. The molecule has 1 unspecified atom stereocenters. The van der Waals surface area contributed by atoms with Gasteiger partial charge in [0.25, 0.3) is 0 Å². The molecule has 33 heavy (non-hydrogen) atoms. The Morgan fingerprint density at radius 2 is 1.79 bits per heavy atom. The number of sulfonamides is 1. The summed E-state index contributed by atoms with van der Waals surface area (Å²) in [4.78, 5) is 25.7. The summed E-state index contributed by atoms with van der Waals surface area (Å²) in [5.41, 5.74) is 2.49. The lowest BCUT2D eigenvalue weighted by atomic mass is 9.97. The molecule has 9 heteroatoms. The Balaban J connectivity index is 1.38. The maximum absolute atomic E-state index is 13.2. The van der Waals surface area contributed by atoms with Gasteiger partial charge >= 0.3 is 0 Å². The van der Waals surface area contributed by atoms with E-state index in [1.807, 2.05) is 31.2 Å². The van der Waals surface area contributed by atoms with Gasteiger partial charge in [-0.05, 0) is 61.6 Å². The number of hydrogen-bond acceptors (Lipinski definition) is 5. The third-order valence-corrected chi connectivity index (χ3v) is 9.26. The second-order valence-electron chi connectivity index (χ2n) is 8.85. The molecular formula is C24H29N3O4S2. The second kappa shape index (κ2) is 9.48. The summed E-state index contributed by atoms with van der Waals surface area (Å²) in [5, 5.41) is 5.53. The van der Waals surface area contributed by atoms with Crippen LogP contribution in [0.1, 0.15) is 45.1 Å². The Bertz CT molecular complexity index is 1150. The largest absolute Gasteiger partial charge is 0.326 e. The van der Waals surface area contributed by atoms with Crippen LogP contribution in [-0.4, -0.2) is 42.9 Å². The molecule has 4 rings (SSSR count). The summed E-state index contributed by atoms with van der Waals surface area (Å²) < 4.78 is 27.8. The van der Waals surface area contributed by atoms with Crippen LogP contribution < -0.4 is 10.6 Å². The number of carbonyl (C=O) groups is 2. The molecule has 0 aromatic heterocycles. The molecule has 0 radical (unpaired) electrons. The van der Waals surface area contributed by atoms with Gasteiger partial charge in [0, 0.05) is 29.6 Å². The van der Waals surface area contributed by atoms with Gasteiger partial charge in [0.15, 0.2) is 0 Å². The molecular weight excluding hydrogens is 458 g/mol. The molecule has 1 atom stereocenters. The van der Waals surface area contributed by atoms with Crippen molar-refractivity contribution in [3.05, 3.63) is 48.0 Å². The number of nitrogens with one attached hydrogen (secondary N) is 2. The van der Waals surface area contributed by atoms with Gasteiger partial charge < -0.3 is 10.6 Å². The SMILES string of the molecule is CC1Sc2ccc(S(=O)(=O)N3CCC(C(=O)Nc4ccc(C(C)C)cc4)CC3)cc2NC1=O.